The van der Waals surface area contributed by atoms with Gasteiger partial charge in [-0.2, -0.15) is 0 Å². The number of ether oxygens (including phenoxy) is 3. The number of amides is 1. The predicted molar refractivity (Wildman–Crippen MR) is 75.8 cm³/mol. The maximum atomic E-state index is 11.9. The Morgan fingerprint density at radius 1 is 1.33 bits per heavy atom. The minimum absolute atomic E-state index is 0.125. The molecule has 2 aliphatic heterocycles. The molecule has 0 saturated carbocycles. The number of carbonyl (C=O) groups is 2. The fourth-order valence-electron chi connectivity index (χ4n) is 2.81. The zero-order valence-corrected chi connectivity index (χ0v) is 13.3. The van der Waals surface area contributed by atoms with Gasteiger partial charge in [-0.3, -0.25) is 4.79 Å². The molecule has 2 aliphatic rings. The van der Waals surface area contributed by atoms with Gasteiger partial charge >= 0.3 is 12.1 Å². The van der Waals surface area contributed by atoms with Crippen LogP contribution in [0.25, 0.3) is 0 Å². The van der Waals surface area contributed by atoms with E-state index in [9.17, 15) is 9.59 Å². The van der Waals surface area contributed by atoms with Crippen LogP contribution in [0.5, 0.6) is 0 Å². The molecule has 21 heavy (non-hydrogen) atoms. The summed E-state index contributed by atoms with van der Waals surface area (Å²) in [5.74, 6) is -0.282. The fourth-order valence-corrected chi connectivity index (χ4v) is 2.81. The second-order valence-corrected chi connectivity index (χ2v) is 6.81. The van der Waals surface area contributed by atoms with Crippen LogP contribution in [-0.2, 0) is 19.0 Å². The van der Waals surface area contributed by atoms with E-state index in [1.54, 1.807) is 11.8 Å². The Morgan fingerprint density at radius 3 is 2.57 bits per heavy atom. The number of likely N-dealkylation sites (tertiary alicyclic amines) is 1. The number of carbonyl (C=O) groups excluding carboxylic acids is 2. The van der Waals surface area contributed by atoms with Crippen LogP contribution in [-0.4, -0.2) is 54.5 Å². The number of hydrogen-bond acceptors (Lipinski definition) is 5. The van der Waals surface area contributed by atoms with Gasteiger partial charge in [0.1, 0.15) is 11.2 Å². The van der Waals surface area contributed by atoms with Crippen molar-refractivity contribution in [2.45, 2.75) is 51.7 Å². The lowest BCUT2D eigenvalue weighted by Crippen LogP contribution is -2.67. The molecular formula is C15H25NO5. The first-order chi connectivity index (χ1) is 9.75. The summed E-state index contributed by atoms with van der Waals surface area (Å²) in [6.07, 6.45) is 0.980. The lowest BCUT2D eigenvalue weighted by Gasteiger charge is -2.52. The van der Waals surface area contributed by atoms with Gasteiger partial charge in [-0.15, -0.1) is 0 Å². The maximum absolute atomic E-state index is 11.9. The molecule has 0 bridgehead atoms. The normalized spacial score (nSPS) is 24.4. The minimum atomic E-state index is -0.499. The van der Waals surface area contributed by atoms with Gasteiger partial charge in [0.25, 0.3) is 0 Å². The van der Waals surface area contributed by atoms with Crippen molar-refractivity contribution in [2.24, 2.45) is 5.92 Å². The first-order valence-corrected chi connectivity index (χ1v) is 7.53. The van der Waals surface area contributed by atoms with Crippen molar-refractivity contribution in [1.29, 1.82) is 0 Å². The average molecular weight is 299 g/mol. The standard InChI is InChI=1S/C15H25NO5/c1-5-19-12(17)11-6-7-20-15(8-11)9-16(10-15)13(18)21-14(2,3)4/h11H,5-10H2,1-4H3. The van der Waals surface area contributed by atoms with Crippen molar-refractivity contribution in [2.75, 3.05) is 26.3 Å². The quantitative estimate of drug-likeness (QED) is 0.729. The third-order valence-electron chi connectivity index (χ3n) is 3.72. The molecule has 2 rings (SSSR count). The zero-order valence-electron chi connectivity index (χ0n) is 13.3. The van der Waals surface area contributed by atoms with Crippen LogP contribution < -0.4 is 0 Å². The molecule has 6 heteroatoms. The van der Waals surface area contributed by atoms with Gasteiger partial charge in [-0.05, 0) is 40.5 Å². The van der Waals surface area contributed by atoms with E-state index in [0.717, 1.165) is 0 Å². The molecule has 120 valence electrons. The molecule has 1 unspecified atom stereocenters. The van der Waals surface area contributed by atoms with Crippen LogP contribution in [0.3, 0.4) is 0 Å². The molecule has 0 aliphatic carbocycles. The van der Waals surface area contributed by atoms with Gasteiger partial charge in [-0.25, -0.2) is 4.79 Å². The van der Waals surface area contributed by atoms with Crippen LogP contribution >= 0.6 is 0 Å². The molecule has 2 saturated heterocycles. The number of nitrogens with zero attached hydrogens (tertiary/aromatic N) is 1. The highest BCUT2D eigenvalue weighted by molar-refractivity contribution is 5.73. The Balaban J connectivity index is 1.86. The van der Waals surface area contributed by atoms with Crippen molar-refractivity contribution >= 4 is 12.1 Å². The summed E-state index contributed by atoms with van der Waals surface area (Å²) >= 11 is 0. The molecule has 1 atom stereocenters. The topological polar surface area (TPSA) is 65.1 Å². The Morgan fingerprint density at radius 2 is 2.00 bits per heavy atom. The van der Waals surface area contributed by atoms with E-state index in [1.165, 1.54) is 0 Å². The van der Waals surface area contributed by atoms with Gasteiger partial charge in [0.2, 0.25) is 0 Å². The largest absolute Gasteiger partial charge is 0.466 e. The summed E-state index contributed by atoms with van der Waals surface area (Å²) in [6, 6.07) is 0. The van der Waals surface area contributed by atoms with E-state index < -0.39 is 11.2 Å². The summed E-state index contributed by atoms with van der Waals surface area (Å²) < 4.78 is 16.2. The molecule has 1 spiro atoms. The Bertz CT molecular complexity index is 409. The fraction of sp³-hybridized carbons (Fsp3) is 0.867. The second kappa shape index (κ2) is 5.83. The van der Waals surface area contributed by atoms with Gasteiger partial charge in [0.05, 0.1) is 25.6 Å². The van der Waals surface area contributed by atoms with Gasteiger partial charge in [0.15, 0.2) is 0 Å². The third kappa shape index (κ3) is 3.87. The van der Waals surface area contributed by atoms with E-state index in [2.05, 4.69) is 0 Å². The van der Waals surface area contributed by atoms with Gasteiger partial charge in [0, 0.05) is 6.61 Å². The maximum Gasteiger partial charge on any atom is 0.410 e. The monoisotopic (exact) mass is 299 g/mol. The number of esters is 1. The first-order valence-electron chi connectivity index (χ1n) is 7.53. The SMILES string of the molecule is CCOC(=O)C1CCOC2(C1)CN(C(=O)OC(C)(C)C)C2. The summed E-state index contributed by atoms with van der Waals surface area (Å²) in [7, 11) is 0. The van der Waals surface area contributed by atoms with Gasteiger partial charge < -0.3 is 19.1 Å². The molecule has 0 N–H and O–H groups in total. The van der Waals surface area contributed by atoms with Crippen molar-refractivity contribution < 1.29 is 23.8 Å². The summed E-state index contributed by atoms with van der Waals surface area (Å²) in [5, 5.41) is 0. The second-order valence-electron chi connectivity index (χ2n) is 6.81. The van der Waals surface area contributed by atoms with E-state index in [-0.39, 0.29) is 18.0 Å². The Hall–Kier alpha value is -1.30. The van der Waals surface area contributed by atoms with E-state index in [4.69, 9.17) is 14.2 Å². The van der Waals surface area contributed by atoms with Crippen molar-refractivity contribution in [3.05, 3.63) is 0 Å². The number of hydrogen-bond donors (Lipinski definition) is 0. The lowest BCUT2D eigenvalue weighted by atomic mass is 9.80. The van der Waals surface area contributed by atoms with E-state index >= 15 is 0 Å². The van der Waals surface area contributed by atoms with Crippen LogP contribution in [0.2, 0.25) is 0 Å². The highest BCUT2D eigenvalue weighted by atomic mass is 16.6. The zero-order chi connectivity index (χ0) is 15.7. The molecule has 1 amide bonds. The molecular weight excluding hydrogens is 274 g/mol. The van der Waals surface area contributed by atoms with Crippen LogP contribution in [0.4, 0.5) is 4.79 Å². The number of rotatable bonds is 2. The Kier molecular flexibility index (Phi) is 4.46. The predicted octanol–water partition coefficient (Wildman–Crippen LogP) is 1.97. The van der Waals surface area contributed by atoms with Crippen molar-refractivity contribution in [1.82, 2.24) is 4.90 Å². The van der Waals surface area contributed by atoms with E-state index in [1.807, 2.05) is 20.8 Å². The molecule has 0 radical (unpaired) electrons. The van der Waals surface area contributed by atoms with Crippen LogP contribution in [0.1, 0.15) is 40.5 Å². The van der Waals surface area contributed by atoms with E-state index in [0.29, 0.717) is 39.1 Å². The van der Waals surface area contributed by atoms with Crippen molar-refractivity contribution in [3.63, 3.8) is 0 Å². The van der Waals surface area contributed by atoms with Gasteiger partial charge in [-0.1, -0.05) is 0 Å². The highest BCUT2D eigenvalue weighted by Crippen LogP contribution is 2.37. The molecule has 6 nitrogen and oxygen atoms in total. The molecule has 0 aromatic heterocycles. The Labute approximate surface area is 125 Å². The molecule has 2 fully saturated rings. The third-order valence-corrected chi connectivity index (χ3v) is 3.72. The van der Waals surface area contributed by atoms with Crippen molar-refractivity contribution in [3.8, 4) is 0 Å². The molecule has 0 aromatic rings. The molecule has 2 heterocycles. The molecule has 0 aromatic carbocycles. The average Bonchev–Trinajstić information content (AvgIpc) is 2.34. The summed E-state index contributed by atoms with van der Waals surface area (Å²) in [6.45, 7) is 9.23. The van der Waals surface area contributed by atoms with Crippen LogP contribution in [0.15, 0.2) is 0 Å². The lowest BCUT2D eigenvalue weighted by molar-refractivity contribution is -0.185. The highest BCUT2D eigenvalue weighted by Gasteiger charge is 2.51. The minimum Gasteiger partial charge on any atom is -0.466 e. The summed E-state index contributed by atoms with van der Waals surface area (Å²) in [5.41, 5.74) is -0.896. The van der Waals surface area contributed by atoms with Crippen LogP contribution in [0, 0.1) is 5.92 Å². The first kappa shape index (κ1) is 16.1. The smallest absolute Gasteiger partial charge is 0.410 e. The summed E-state index contributed by atoms with van der Waals surface area (Å²) in [4.78, 5) is 25.4.